The maximum absolute atomic E-state index is 3.64. The first-order chi connectivity index (χ1) is 8.95. The van der Waals surface area contributed by atoms with E-state index in [4.69, 9.17) is 0 Å². The van der Waals surface area contributed by atoms with Gasteiger partial charge in [-0.3, -0.25) is 0 Å². The van der Waals surface area contributed by atoms with Crippen molar-refractivity contribution in [1.82, 2.24) is 0 Å². The van der Waals surface area contributed by atoms with Gasteiger partial charge in [0.15, 0.2) is 0 Å². The van der Waals surface area contributed by atoms with Crippen molar-refractivity contribution in [3.05, 3.63) is 52.7 Å². The van der Waals surface area contributed by atoms with Gasteiger partial charge < -0.3 is 4.90 Å². The SMILES string of the molecule is CN(c1ccccc1)c1c(Br)c(Br)c(Br)c(Br)c1Br. The molecule has 0 unspecified atom stereocenters. The normalized spacial score (nSPS) is 10.6. The summed E-state index contributed by atoms with van der Waals surface area (Å²) in [5.74, 6) is 0. The molecule has 0 aliphatic heterocycles. The van der Waals surface area contributed by atoms with Gasteiger partial charge in [0.2, 0.25) is 0 Å². The minimum Gasteiger partial charge on any atom is -0.343 e. The fraction of sp³-hybridized carbons (Fsp3) is 0.0769. The molecule has 0 aromatic heterocycles. The molecule has 0 fully saturated rings. The van der Waals surface area contributed by atoms with E-state index in [9.17, 15) is 0 Å². The summed E-state index contributed by atoms with van der Waals surface area (Å²) in [6, 6.07) is 10.2. The fourth-order valence-electron chi connectivity index (χ4n) is 1.67. The van der Waals surface area contributed by atoms with E-state index < -0.39 is 0 Å². The lowest BCUT2D eigenvalue weighted by Crippen LogP contribution is -2.11. The molecule has 0 bridgehead atoms. The van der Waals surface area contributed by atoms with Crippen molar-refractivity contribution in [3.63, 3.8) is 0 Å². The maximum Gasteiger partial charge on any atom is 0.0720 e. The van der Waals surface area contributed by atoms with Crippen LogP contribution in [-0.2, 0) is 0 Å². The van der Waals surface area contributed by atoms with Crippen LogP contribution in [0.5, 0.6) is 0 Å². The van der Waals surface area contributed by atoms with Crippen molar-refractivity contribution < 1.29 is 0 Å². The second kappa shape index (κ2) is 6.60. The van der Waals surface area contributed by atoms with E-state index in [1.54, 1.807) is 0 Å². The number of benzene rings is 2. The van der Waals surface area contributed by atoms with Crippen LogP contribution in [0.2, 0.25) is 0 Å². The zero-order valence-electron chi connectivity index (χ0n) is 9.72. The topological polar surface area (TPSA) is 3.24 Å². The van der Waals surface area contributed by atoms with Crippen molar-refractivity contribution in [1.29, 1.82) is 0 Å². The lowest BCUT2D eigenvalue weighted by Gasteiger charge is -2.24. The number of anilines is 2. The molecule has 2 aromatic rings. The minimum absolute atomic E-state index is 0.969. The van der Waals surface area contributed by atoms with Gasteiger partial charge in [-0.2, -0.15) is 0 Å². The molecule has 0 saturated carbocycles. The van der Waals surface area contributed by atoms with Gasteiger partial charge in [-0.05, 0) is 91.8 Å². The largest absolute Gasteiger partial charge is 0.343 e. The predicted octanol–water partition coefficient (Wildman–Crippen LogP) is 7.27. The Morgan fingerprint density at radius 2 is 1.11 bits per heavy atom. The maximum atomic E-state index is 3.64. The van der Waals surface area contributed by atoms with Gasteiger partial charge in [0.1, 0.15) is 0 Å². The molecule has 0 aliphatic carbocycles. The van der Waals surface area contributed by atoms with Gasteiger partial charge in [0.25, 0.3) is 0 Å². The standard InChI is InChI=1S/C13H8Br5N/c1-19(7-5-3-2-4-6-7)13-11(17)9(15)8(14)10(16)12(13)18/h2-6H,1H3. The number of hydrogen-bond acceptors (Lipinski definition) is 1. The predicted molar refractivity (Wildman–Crippen MR) is 99.4 cm³/mol. The Morgan fingerprint density at radius 1 is 0.684 bits per heavy atom. The lowest BCUT2D eigenvalue weighted by molar-refractivity contribution is 1.18. The Kier molecular flexibility index (Phi) is 5.57. The van der Waals surface area contributed by atoms with Crippen LogP contribution in [0.15, 0.2) is 52.7 Å². The fourth-order valence-corrected chi connectivity index (χ4v) is 5.23. The summed E-state index contributed by atoms with van der Waals surface area (Å²) in [7, 11) is 2.03. The zero-order valence-corrected chi connectivity index (χ0v) is 17.7. The summed E-state index contributed by atoms with van der Waals surface area (Å²) >= 11 is 18.0. The van der Waals surface area contributed by atoms with Gasteiger partial charge in [-0.1, -0.05) is 18.2 Å². The van der Waals surface area contributed by atoms with E-state index in [-0.39, 0.29) is 0 Å². The first-order valence-electron chi connectivity index (χ1n) is 5.25. The molecule has 0 amide bonds. The van der Waals surface area contributed by atoms with Gasteiger partial charge in [-0.15, -0.1) is 0 Å². The Morgan fingerprint density at radius 3 is 1.58 bits per heavy atom. The zero-order chi connectivity index (χ0) is 14.2. The first kappa shape index (κ1) is 16.0. The Labute approximate surface area is 154 Å². The Balaban J connectivity index is 2.64. The summed E-state index contributed by atoms with van der Waals surface area (Å²) in [6.07, 6.45) is 0. The summed E-state index contributed by atoms with van der Waals surface area (Å²) < 4.78 is 4.89. The molecular weight excluding hydrogens is 570 g/mol. The summed E-state index contributed by atoms with van der Waals surface area (Å²) in [5, 5.41) is 0. The van der Waals surface area contributed by atoms with Crippen molar-refractivity contribution in [3.8, 4) is 0 Å². The van der Waals surface area contributed by atoms with Crippen LogP contribution in [0.3, 0.4) is 0 Å². The second-order valence-electron chi connectivity index (χ2n) is 3.81. The number of para-hydroxylation sites is 1. The summed E-state index contributed by atoms with van der Waals surface area (Å²) in [6.45, 7) is 0. The van der Waals surface area contributed by atoms with E-state index in [1.807, 2.05) is 25.2 Å². The van der Waals surface area contributed by atoms with Gasteiger partial charge in [0.05, 0.1) is 14.6 Å². The van der Waals surface area contributed by atoms with Crippen LogP contribution in [0.4, 0.5) is 11.4 Å². The smallest absolute Gasteiger partial charge is 0.0720 e. The molecule has 2 aromatic carbocycles. The van der Waals surface area contributed by atoms with Crippen molar-refractivity contribution in [2.24, 2.45) is 0 Å². The van der Waals surface area contributed by atoms with Crippen LogP contribution in [0.1, 0.15) is 0 Å². The average molecular weight is 578 g/mol. The van der Waals surface area contributed by atoms with E-state index >= 15 is 0 Å². The lowest BCUT2D eigenvalue weighted by atomic mass is 10.2. The Hall–Kier alpha value is 0.640. The van der Waals surface area contributed by atoms with Gasteiger partial charge in [-0.25, -0.2) is 0 Å². The third-order valence-electron chi connectivity index (χ3n) is 2.67. The third-order valence-corrected chi connectivity index (χ3v) is 8.72. The van der Waals surface area contributed by atoms with Crippen LogP contribution in [0.25, 0.3) is 0 Å². The molecule has 100 valence electrons. The van der Waals surface area contributed by atoms with Crippen molar-refractivity contribution in [2.45, 2.75) is 0 Å². The molecule has 0 radical (unpaired) electrons. The van der Waals surface area contributed by atoms with E-state index in [2.05, 4.69) is 96.7 Å². The van der Waals surface area contributed by atoms with Gasteiger partial charge in [0, 0.05) is 26.2 Å². The summed E-state index contributed by atoms with van der Waals surface area (Å²) in [5.41, 5.74) is 2.16. The molecule has 19 heavy (non-hydrogen) atoms. The highest BCUT2D eigenvalue weighted by atomic mass is 79.9. The highest BCUT2D eigenvalue weighted by Gasteiger charge is 2.20. The van der Waals surface area contributed by atoms with E-state index in [1.165, 1.54) is 0 Å². The summed E-state index contributed by atoms with van der Waals surface area (Å²) in [4.78, 5) is 2.12. The molecule has 0 aliphatic rings. The number of halogens is 5. The first-order valence-corrected chi connectivity index (χ1v) is 9.22. The minimum atomic E-state index is 0.969. The van der Waals surface area contributed by atoms with Crippen LogP contribution >= 0.6 is 79.6 Å². The van der Waals surface area contributed by atoms with Crippen LogP contribution < -0.4 is 4.90 Å². The van der Waals surface area contributed by atoms with Crippen molar-refractivity contribution >= 4 is 91.0 Å². The molecule has 6 heteroatoms. The molecule has 1 nitrogen and oxygen atoms in total. The molecule has 0 saturated heterocycles. The molecule has 0 N–H and O–H groups in total. The second-order valence-corrected chi connectivity index (χ2v) is 7.78. The van der Waals surface area contributed by atoms with E-state index in [0.717, 1.165) is 33.7 Å². The van der Waals surface area contributed by atoms with Crippen molar-refractivity contribution in [2.75, 3.05) is 11.9 Å². The quantitative estimate of drug-likeness (QED) is 0.268. The Bertz CT molecular complexity index is 583. The third kappa shape index (κ3) is 3.12. The molecule has 0 spiro atoms. The molecule has 0 heterocycles. The highest BCUT2D eigenvalue weighted by molar-refractivity contribution is 9.15. The molecular formula is C13H8Br5N. The van der Waals surface area contributed by atoms with Gasteiger partial charge >= 0.3 is 0 Å². The van der Waals surface area contributed by atoms with Crippen LogP contribution in [-0.4, -0.2) is 7.05 Å². The average Bonchev–Trinajstić information content (AvgIpc) is 2.44. The number of nitrogens with zero attached hydrogens (tertiary/aromatic N) is 1. The van der Waals surface area contributed by atoms with E-state index in [0.29, 0.717) is 0 Å². The number of hydrogen-bond donors (Lipinski definition) is 0. The highest BCUT2D eigenvalue weighted by Crippen LogP contribution is 2.49. The monoisotopic (exact) mass is 573 g/mol. The van der Waals surface area contributed by atoms with Crippen LogP contribution in [0, 0.1) is 0 Å². The molecule has 0 atom stereocenters. The number of rotatable bonds is 2. The molecule has 2 rings (SSSR count).